The van der Waals surface area contributed by atoms with E-state index < -0.39 is 0 Å². The third kappa shape index (κ3) is 4.71. The highest BCUT2D eigenvalue weighted by Gasteiger charge is 2.36. The number of rotatable bonds is 4. The quantitative estimate of drug-likeness (QED) is 0.389. The lowest BCUT2D eigenvalue weighted by atomic mass is 9.96. The molecule has 8 heteroatoms. The number of aryl methyl sites for hydroxylation is 2. The molecule has 1 aliphatic heterocycles. The lowest BCUT2D eigenvalue weighted by molar-refractivity contribution is 0.128. The van der Waals surface area contributed by atoms with Crippen LogP contribution in [0.4, 0.5) is 5.69 Å². The number of piperazine rings is 1. The Labute approximate surface area is 221 Å². The molecule has 0 amide bonds. The van der Waals surface area contributed by atoms with Gasteiger partial charge in [0.05, 0.1) is 22.9 Å². The maximum absolute atomic E-state index is 12.9. The largest absolute Gasteiger partial charge is 0.364 e. The Balaban J connectivity index is 1.56. The summed E-state index contributed by atoms with van der Waals surface area (Å²) in [7, 11) is 1.73. The predicted octanol–water partition coefficient (Wildman–Crippen LogP) is 4.85. The summed E-state index contributed by atoms with van der Waals surface area (Å²) in [6.07, 6.45) is 1.90. The number of anilines is 1. The summed E-state index contributed by atoms with van der Waals surface area (Å²) in [5.41, 5.74) is 5.55. The van der Waals surface area contributed by atoms with Gasteiger partial charge < -0.3 is 9.47 Å². The van der Waals surface area contributed by atoms with Crippen LogP contribution in [0.15, 0.2) is 65.6 Å². The number of fused-ring (bicyclic) bond motifs is 1. The van der Waals surface area contributed by atoms with E-state index in [1.165, 1.54) is 0 Å². The van der Waals surface area contributed by atoms with Gasteiger partial charge in [-0.25, -0.2) is 4.98 Å². The van der Waals surface area contributed by atoms with Crippen molar-refractivity contribution in [1.29, 1.82) is 5.26 Å². The molecule has 4 aromatic rings. The third-order valence-corrected chi connectivity index (χ3v) is 7.47. The number of nitrogens with zero attached hydrogens (tertiary/aromatic N) is 6. The third-order valence-electron chi connectivity index (χ3n) is 7.24. The average Bonchev–Trinajstić information content (AvgIpc) is 2.89. The SMILES string of the molecule is Cc1ccc(C(c2cccc(Cl)c2)N2C[C@H](C)N(c3cc(=O)n(C)c4ccc(C#N)nc34)C[C@@H]2C)nc1. The zero-order valence-electron chi connectivity index (χ0n) is 21.4. The molecule has 0 radical (unpaired) electrons. The summed E-state index contributed by atoms with van der Waals surface area (Å²) in [5, 5.41) is 10.1. The van der Waals surface area contributed by atoms with Crippen LogP contribution in [-0.2, 0) is 7.05 Å². The van der Waals surface area contributed by atoms with E-state index in [2.05, 4.69) is 52.9 Å². The van der Waals surface area contributed by atoms with Crippen molar-refractivity contribution in [2.75, 3.05) is 18.0 Å². The molecule has 0 spiro atoms. The van der Waals surface area contributed by atoms with Crippen LogP contribution in [0.2, 0.25) is 5.02 Å². The first-order chi connectivity index (χ1) is 17.8. The summed E-state index contributed by atoms with van der Waals surface area (Å²) in [5.74, 6) is 0. The Bertz CT molecular complexity index is 1560. The molecule has 0 saturated carbocycles. The van der Waals surface area contributed by atoms with Gasteiger partial charge in [0.15, 0.2) is 0 Å². The molecule has 1 fully saturated rings. The summed E-state index contributed by atoms with van der Waals surface area (Å²) in [6.45, 7) is 7.82. The van der Waals surface area contributed by atoms with E-state index >= 15 is 0 Å². The number of aromatic nitrogens is 3. The van der Waals surface area contributed by atoms with Crippen molar-refractivity contribution in [1.82, 2.24) is 19.4 Å². The molecule has 0 bridgehead atoms. The standard InChI is InChI=1S/C29H29ClN6O/c1-18-8-10-24(32-15-18)29(21-6-5-7-22(30)12-21)36-17-19(2)35(16-20(36)3)26-13-27(37)34(4)25-11-9-23(14-31)33-28(25)26/h5-13,15,19-20,29H,16-17H2,1-4H3/t19-,20-,29?/m0/s1. The second kappa shape index (κ2) is 9.97. The minimum atomic E-state index is -0.100. The van der Waals surface area contributed by atoms with Crippen molar-refractivity contribution in [3.63, 3.8) is 0 Å². The first-order valence-corrected chi connectivity index (χ1v) is 12.8. The monoisotopic (exact) mass is 512 g/mol. The topological polar surface area (TPSA) is 78.0 Å². The van der Waals surface area contributed by atoms with Crippen LogP contribution < -0.4 is 10.5 Å². The highest BCUT2D eigenvalue weighted by molar-refractivity contribution is 6.30. The Kier molecular flexibility index (Phi) is 6.72. The molecular weight excluding hydrogens is 484 g/mol. The van der Waals surface area contributed by atoms with Crippen LogP contribution in [0.25, 0.3) is 11.0 Å². The van der Waals surface area contributed by atoms with Gasteiger partial charge >= 0.3 is 0 Å². The number of nitriles is 1. The van der Waals surface area contributed by atoms with Crippen molar-refractivity contribution in [2.45, 2.75) is 38.9 Å². The van der Waals surface area contributed by atoms with Crippen molar-refractivity contribution in [3.05, 3.63) is 98.7 Å². The van der Waals surface area contributed by atoms with Crippen molar-refractivity contribution in [3.8, 4) is 6.07 Å². The fraction of sp³-hybridized carbons (Fsp3) is 0.310. The Morgan fingerprint density at radius 2 is 1.89 bits per heavy atom. The molecule has 4 heterocycles. The summed E-state index contributed by atoms with van der Waals surface area (Å²) in [4.78, 5) is 27.0. The molecule has 1 unspecified atom stereocenters. The van der Waals surface area contributed by atoms with Gasteiger partial charge in [0.2, 0.25) is 0 Å². The van der Waals surface area contributed by atoms with Crippen molar-refractivity contribution < 1.29 is 0 Å². The van der Waals surface area contributed by atoms with Gasteiger partial charge in [-0.15, -0.1) is 0 Å². The summed E-state index contributed by atoms with van der Waals surface area (Å²) in [6, 6.07) is 19.5. The van der Waals surface area contributed by atoms with E-state index in [0.29, 0.717) is 28.3 Å². The van der Waals surface area contributed by atoms with E-state index in [4.69, 9.17) is 16.6 Å². The maximum atomic E-state index is 12.9. The molecule has 37 heavy (non-hydrogen) atoms. The van der Waals surface area contributed by atoms with Gasteiger partial charge in [-0.2, -0.15) is 5.26 Å². The molecule has 7 nitrogen and oxygen atoms in total. The zero-order valence-corrected chi connectivity index (χ0v) is 22.1. The molecule has 5 rings (SSSR count). The van der Waals surface area contributed by atoms with Crippen LogP contribution in [0.5, 0.6) is 0 Å². The zero-order chi connectivity index (χ0) is 26.3. The lowest BCUT2D eigenvalue weighted by Gasteiger charge is -2.48. The van der Waals surface area contributed by atoms with Gasteiger partial charge in [0.25, 0.3) is 5.56 Å². The first kappa shape index (κ1) is 24.9. The lowest BCUT2D eigenvalue weighted by Crippen LogP contribution is -2.57. The molecular formula is C29H29ClN6O. The second-order valence-electron chi connectivity index (χ2n) is 9.87. The Hall–Kier alpha value is -3.73. The van der Waals surface area contributed by atoms with Gasteiger partial charge in [-0.1, -0.05) is 29.8 Å². The van der Waals surface area contributed by atoms with Crippen LogP contribution in [0, 0.1) is 18.3 Å². The second-order valence-corrected chi connectivity index (χ2v) is 10.3. The van der Waals surface area contributed by atoms with Crippen LogP contribution in [-0.4, -0.2) is 44.6 Å². The fourth-order valence-corrected chi connectivity index (χ4v) is 5.49. The molecule has 0 N–H and O–H groups in total. The van der Waals surface area contributed by atoms with E-state index in [1.807, 2.05) is 31.3 Å². The predicted molar refractivity (Wildman–Crippen MR) is 147 cm³/mol. The summed E-state index contributed by atoms with van der Waals surface area (Å²) < 4.78 is 1.58. The Morgan fingerprint density at radius 1 is 1.08 bits per heavy atom. The van der Waals surface area contributed by atoms with Gasteiger partial charge in [0.1, 0.15) is 17.3 Å². The van der Waals surface area contributed by atoms with Crippen molar-refractivity contribution >= 4 is 28.3 Å². The number of pyridine rings is 3. The van der Waals surface area contributed by atoms with Crippen LogP contribution >= 0.6 is 11.6 Å². The number of benzene rings is 1. The molecule has 188 valence electrons. The molecule has 1 aromatic carbocycles. The van der Waals surface area contributed by atoms with E-state index in [0.717, 1.165) is 29.1 Å². The van der Waals surface area contributed by atoms with Gasteiger partial charge in [-0.05, 0) is 62.2 Å². The van der Waals surface area contributed by atoms with Gasteiger partial charge in [-0.3, -0.25) is 14.7 Å². The van der Waals surface area contributed by atoms with Gasteiger partial charge in [0, 0.05) is 49.5 Å². The van der Waals surface area contributed by atoms with Crippen LogP contribution in [0.3, 0.4) is 0 Å². The highest BCUT2D eigenvalue weighted by Crippen LogP contribution is 2.36. The molecule has 1 saturated heterocycles. The highest BCUT2D eigenvalue weighted by atomic mass is 35.5. The van der Waals surface area contributed by atoms with E-state index in [1.54, 1.807) is 29.8 Å². The molecule has 3 atom stereocenters. The number of halogens is 1. The average molecular weight is 513 g/mol. The van der Waals surface area contributed by atoms with Crippen molar-refractivity contribution in [2.24, 2.45) is 7.05 Å². The first-order valence-electron chi connectivity index (χ1n) is 12.4. The number of hydrogen-bond acceptors (Lipinski definition) is 6. The maximum Gasteiger partial charge on any atom is 0.252 e. The smallest absolute Gasteiger partial charge is 0.252 e. The minimum Gasteiger partial charge on any atom is -0.364 e. The van der Waals surface area contributed by atoms with E-state index in [-0.39, 0.29) is 23.7 Å². The van der Waals surface area contributed by atoms with E-state index in [9.17, 15) is 10.1 Å². The Morgan fingerprint density at radius 3 is 2.59 bits per heavy atom. The molecule has 0 aliphatic carbocycles. The van der Waals surface area contributed by atoms with Crippen LogP contribution in [0.1, 0.15) is 42.4 Å². The number of hydrogen-bond donors (Lipinski definition) is 0. The molecule has 1 aliphatic rings. The molecule has 3 aromatic heterocycles. The summed E-state index contributed by atoms with van der Waals surface area (Å²) >= 11 is 6.41. The fourth-order valence-electron chi connectivity index (χ4n) is 5.29. The minimum absolute atomic E-state index is 0.0670. The normalized spacial score (nSPS) is 19.1.